The van der Waals surface area contributed by atoms with Gasteiger partial charge in [0.1, 0.15) is 0 Å². The minimum atomic E-state index is -0.839. The first-order valence-corrected chi connectivity index (χ1v) is 5.11. The molecule has 0 aromatic carbocycles. The summed E-state index contributed by atoms with van der Waals surface area (Å²) in [6, 6.07) is 0. The van der Waals surface area contributed by atoms with Crippen LogP contribution in [0.15, 0.2) is 6.33 Å². The van der Waals surface area contributed by atoms with Crippen molar-refractivity contribution in [1.82, 2.24) is 9.55 Å². The number of nitrogens with zero attached hydrogens (tertiary/aromatic N) is 4. The number of carboxylic acids is 1. The van der Waals surface area contributed by atoms with Crippen LogP contribution in [0.3, 0.4) is 0 Å². The highest BCUT2D eigenvalue weighted by atomic mass is 16.6. The molecule has 92 valence electrons. The van der Waals surface area contributed by atoms with E-state index < -0.39 is 10.9 Å². The number of rotatable bonds is 4. The molecule has 0 amide bonds. The predicted octanol–water partition coefficient (Wildman–Crippen LogP) is 0.239. The van der Waals surface area contributed by atoms with Crippen LogP contribution < -0.4 is 4.90 Å². The van der Waals surface area contributed by atoms with Crippen LogP contribution in [0.4, 0.5) is 11.6 Å². The van der Waals surface area contributed by atoms with Gasteiger partial charge in [-0.05, 0) is 9.91 Å². The van der Waals surface area contributed by atoms with Gasteiger partial charge in [-0.15, -0.1) is 0 Å². The number of aromatic nitrogens is 2. The Hall–Kier alpha value is -2.12. The number of carbonyl (C=O) groups is 1. The maximum atomic E-state index is 10.7. The van der Waals surface area contributed by atoms with Crippen LogP contribution in [0.2, 0.25) is 0 Å². The maximum absolute atomic E-state index is 10.7. The lowest BCUT2D eigenvalue weighted by Gasteiger charge is -2.39. The monoisotopic (exact) mass is 240 g/mol. The van der Waals surface area contributed by atoms with Crippen LogP contribution in [-0.4, -0.2) is 38.6 Å². The second kappa shape index (κ2) is 4.04. The SMILES string of the molecule is Cn1cnc([N+](=O)[O-])c1N1CC(CC(=O)O)C1. The molecule has 0 aliphatic carbocycles. The molecule has 1 N–H and O–H groups in total. The maximum Gasteiger partial charge on any atom is 0.406 e. The van der Waals surface area contributed by atoms with E-state index in [1.807, 2.05) is 0 Å². The van der Waals surface area contributed by atoms with Crippen LogP contribution in [0.25, 0.3) is 0 Å². The van der Waals surface area contributed by atoms with Gasteiger partial charge in [-0.1, -0.05) is 0 Å². The van der Waals surface area contributed by atoms with Crippen molar-refractivity contribution in [3.05, 3.63) is 16.4 Å². The van der Waals surface area contributed by atoms with Gasteiger partial charge < -0.3 is 20.1 Å². The van der Waals surface area contributed by atoms with Gasteiger partial charge in [0.15, 0.2) is 0 Å². The molecule has 0 radical (unpaired) electrons. The van der Waals surface area contributed by atoms with Crippen LogP contribution in [0, 0.1) is 16.0 Å². The Morgan fingerprint density at radius 3 is 2.88 bits per heavy atom. The normalized spacial score (nSPS) is 15.7. The third-order valence-corrected chi connectivity index (χ3v) is 2.78. The number of aryl methyl sites for hydroxylation is 1. The second-order valence-corrected chi connectivity index (χ2v) is 4.13. The largest absolute Gasteiger partial charge is 0.481 e. The first-order valence-electron chi connectivity index (χ1n) is 5.11. The molecule has 1 aromatic heterocycles. The summed E-state index contributed by atoms with van der Waals surface area (Å²) in [4.78, 5) is 26.2. The number of carboxylic acid groups (broad SMARTS) is 1. The van der Waals surface area contributed by atoms with E-state index in [1.54, 1.807) is 16.5 Å². The Kier molecular flexibility index (Phi) is 2.70. The number of aliphatic carboxylic acids is 1. The summed E-state index contributed by atoms with van der Waals surface area (Å²) in [5.74, 6) is -0.519. The Balaban J connectivity index is 2.08. The fraction of sp³-hybridized carbons (Fsp3) is 0.556. The number of imidazole rings is 1. The third kappa shape index (κ3) is 2.05. The van der Waals surface area contributed by atoms with Crippen molar-refractivity contribution in [3.8, 4) is 0 Å². The topological polar surface area (TPSA) is 101 Å². The lowest BCUT2D eigenvalue weighted by molar-refractivity contribution is -0.388. The van der Waals surface area contributed by atoms with Crippen LogP contribution >= 0.6 is 0 Å². The van der Waals surface area contributed by atoms with Crippen molar-refractivity contribution < 1.29 is 14.8 Å². The zero-order valence-corrected chi connectivity index (χ0v) is 9.24. The molecule has 1 aliphatic rings. The molecule has 1 saturated heterocycles. The van der Waals surface area contributed by atoms with Crippen LogP contribution in [0.1, 0.15) is 6.42 Å². The summed E-state index contributed by atoms with van der Waals surface area (Å²) in [7, 11) is 1.68. The summed E-state index contributed by atoms with van der Waals surface area (Å²) in [6.45, 7) is 1.04. The zero-order valence-electron chi connectivity index (χ0n) is 9.24. The van der Waals surface area contributed by atoms with Crippen LogP contribution in [0.5, 0.6) is 0 Å². The van der Waals surface area contributed by atoms with E-state index in [9.17, 15) is 14.9 Å². The van der Waals surface area contributed by atoms with Gasteiger partial charge in [-0.25, -0.2) is 0 Å². The van der Waals surface area contributed by atoms with E-state index in [0.717, 1.165) is 0 Å². The highest BCUT2D eigenvalue weighted by Crippen LogP contribution is 2.32. The summed E-state index contributed by atoms with van der Waals surface area (Å²) in [5.41, 5.74) is 0. The Morgan fingerprint density at radius 1 is 1.71 bits per heavy atom. The molecule has 0 spiro atoms. The average Bonchev–Trinajstić information content (AvgIpc) is 2.53. The van der Waals surface area contributed by atoms with Crippen molar-refractivity contribution >= 4 is 17.6 Å². The zero-order chi connectivity index (χ0) is 12.6. The molecule has 2 rings (SSSR count). The van der Waals surface area contributed by atoms with E-state index in [2.05, 4.69) is 4.98 Å². The summed E-state index contributed by atoms with van der Waals surface area (Å²) >= 11 is 0. The van der Waals surface area contributed by atoms with E-state index in [0.29, 0.717) is 18.9 Å². The molecular formula is C9H12N4O4. The molecule has 1 aliphatic heterocycles. The molecular weight excluding hydrogens is 228 g/mol. The molecule has 0 saturated carbocycles. The van der Waals surface area contributed by atoms with Gasteiger partial charge in [0, 0.05) is 26.1 Å². The van der Waals surface area contributed by atoms with Gasteiger partial charge in [0.25, 0.3) is 0 Å². The van der Waals surface area contributed by atoms with Crippen LogP contribution in [-0.2, 0) is 11.8 Å². The smallest absolute Gasteiger partial charge is 0.406 e. The fourth-order valence-corrected chi connectivity index (χ4v) is 2.02. The van der Waals surface area contributed by atoms with Gasteiger partial charge in [0.2, 0.25) is 12.1 Å². The van der Waals surface area contributed by atoms with E-state index in [1.165, 1.54) is 6.33 Å². The third-order valence-electron chi connectivity index (χ3n) is 2.78. The van der Waals surface area contributed by atoms with Crippen molar-refractivity contribution in [1.29, 1.82) is 0 Å². The Bertz CT molecular complexity index is 464. The molecule has 1 fully saturated rings. The first-order chi connectivity index (χ1) is 7.99. The van der Waals surface area contributed by atoms with Crippen molar-refractivity contribution in [3.63, 3.8) is 0 Å². The van der Waals surface area contributed by atoms with Crippen molar-refractivity contribution in [2.24, 2.45) is 13.0 Å². The Labute approximate surface area is 96.6 Å². The van der Waals surface area contributed by atoms with Gasteiger partial charge >= 0.3 is 11.8 Å². The molecule has 8 nitrogen and oxygen atoms in total. The highest BCUT2D eigenvalue weighted by molar-refractivity contribution is 5.68. The standard InChI is InChI=1S/C9H12N4O4/c1-11-5-10-8(13(16)17)9(11)12-3-6(4-12)2-7(14)15/h5-6H,2-4H2,1H3,(H,14,15). The van der Waals surface area contributed by atoms with E-state index in [4.69, 9.17) is 5.11 Å². The quantitative estimate of drug-likeness (QED) is 0.597. The first kappa shape index (κ1) is 11.4. The minimum absolute atomic E-state index is 0.0574. The molecule has 17 heavy (non-hydrogen) atoms. The molecule has 0 atom stereocenters. The highest BCUT2D eigenvalue weighted by Gasteiger charge is 2.35. The van der Waals surface area contributed by atoms with Gasteiger partial charge in [0.05, 0.1) is 6.42 Å². The van der Waals surface area contributed by atoms with Gasteiger partial charge in [-0.3, -0.25) is 9.36 Å². The number of nitro groups is 1. The average molecular weight is 240 g/mol. The van der Waals surface area contributed by atoms with Crippen molar-refractivity contribution in [2.45, 2.75) is 6.42 Å². The molecule has 8 heteroatoms. The minimum Gasteiger partial charge on any atom is -0.481 e. The lowest BCUT2D eigenvalue weighted by atomic mass is 9.96. The molecule has 0 bridgehead atoms. The fourth-order valence-electron chi connectivity index (χ4n) is 2.02. The van der Waals surface area contributed by atoms with E-state index >= 15 is 0 Å². The predicted molar refractivity (Wildman–Crippen MR) is 57.8 cm³/mol. The number of anilines is 1. The Morgan fingerprint density at radius 2 is 2.35 bits per heavy atom. The van der Waals surface area contributed by atoms with Crippen molar-refractivity contribution in [2.75, 3.05) is 18.0 Å². The van der Waals surface area contributed by atoms with Gasteiger partial charge in [-0.2, -0.15) is 0 Å². The summed E-state index contributed by atoms with van der Waals surface area (Å²) in [6.07, 6.45) is 1.49. The summed E-state index contributed by atoms with van der Waals surface area (Å²) < 4.78 is 1.58. The molecule has 2 heterocycles. The number of hydrogen-bond donors (Lipinski definition) is 1. The summed E-state index contributed by atoms with van der Waals surface area (Å²) in [5, 5.41) is 19.4. The number of hydrogen-bond acceptors (Lipinski definition) is 5. The molecule has 0 unspecified atom stereocenters. The van der Waals surface area contributed by atoms with E-state index in [-0.39, 0.29) is 18.2 Å². The lowest BCUT2D eigenvalue weighted by Crippen LogP contribution is -2.48. The second-order valence-electron chi connectivity index (χ2n) is 4.13. The molecule has 1 aromatic rings.